The van der Waals surface area contributed by atoms with Crippen molar-refractivity contribution < 1.29 is 19.4 Å². The van der Waals surface area contributed by atoms with Crippen molar-refractivity contribution in [2.24, 2.45) is 13.0 Å². The summed E-state index contributed by atoms with van der Waals surface area (Å²) in [6.07, 6.45) is 3.85. The number of carbonyl (C=O) groups is 1. The molecule has 0 aliphatic carbocycles. The summed E-state index contributed by atoms with van der Waals surface area (Å²) in [5.41, 5.74) is 3.39. The quantitative estimate of drug-likeness (QED) is 0.465. The SMILES string of the molecule is Cc1cc(-c2nc3cc(OCCNC(C)C(=O)O)ccc3n2CC2CCOCC2)cn(C)c1=O. The Hall–Kier alpha value is -3.17. The summed E-state index contributed by atoms with van der Waals surface area (Å²) < 4.78 is 15.2. The second-order valence-electron chi connectivity index (χ2n) is 8.94. The van der Waals surface area contributed by atoms with E-state index >= 15 is 0 Å². The van der Waals surface area contributed by atoms with Crippen LogP contribution in [0, 0.1) is 12.8 Å². The summed E-state index contributed by atoms with van der Waals surface area (Å²) in [6, 6.07) is 7.12. The molecule has 0 amide bonds. The number of rotatable bonds is 9. The first-order chi connectivity index (χ1) is 16.3. The van der Waals surface area contributed by atoms with Gasteiger partial charge >= 0.3 is 5.97 Å². The summed E-state index contributed by atoms with van der Waals surface area (Å²) >= 11 is 0. The molecule has 0 bridgehead atoms. The van der Waals surface area contributed by atoms with E-state index in [-0.39, 0.29) is 5.56 Å². The lowest BCUT2D eigenvalue weighted by atomic mass is 10.00. The highest BCUT2D eigenvalue weighted by Gasteiger charge is 2.20. The smallest absolute Gasteiger partial charge is 0.320 e. The third-order valence-electron chi connectivity index (χ3n) is 6.31. The molecule has 1 aromatic carbocycles. The molecule has 2 aromatic heterocycles. The molecule has 1 fully saturated rings. The van der Waals surface area contributed by atoms with Gasteiger partial charge in [0.15, 0.2) is 0 Å². The third kappa shape index (κ3) is 5.31. The van der Waals surface area contributed by atoms with Crippen LogP contribution in [0.15, 0.2) is 35.3 Å². The number of aliphatic carboxylic acids is 1. The average molecular weight is 469 g/mol. The van der Waals surface area contributed by atoms with Crippen molar-refractivity contribution in [3.63, 3.8) is 0 Å². The van der Waals surface area contributed by atoms with E-state index in [9.17, 15) is 9.59 Å². The van der Waals surface area contributed by atoms with Gasteiger partial charge in [-0.3, -0.25) is 9.59 Å². The topological polar surface area (TPSA) is 108 Å². The first-order valence-electron chi connectivity index (χ1n) is 11.7. The molecule has 3 heterocycles. The number of aromatic nitrogens is 3. The molecular formula is C25H32N4O5. The van der Waals surface area contributed by atoms with Crippen LogP contribution in [0.3, 0.4) is 0 Å². The number of nitrogens with zero attached hydrogens (tertiary/aromatic N) is 3. The minimum atomic E-state index is -0.891. The molecule has 0 saturated carbocycles. The van der Waals surface area contributed by atoms with Crippen LogP contribution in [0.2, 0.25) is 0 Å². The second-order valence-corrected chi connectivity index (χ2v) is 8.94. The maximum absolute atomic E-state index is 12.2. The first kappa shape index (κ1) is 24.0. The van der Waals surface area contributed by atoms with Crippen molar-refractivity contribution in [3.05, 3.63) is 46.4 Å². The Bertz CT molecular complexity index is 1200. The van der Waals surface area contributed by atoms with Crippen molar-refractivity contribution in [3.8, 4) is 17.1 Å². The van der Waals surface area contributed by atoms with Crippen LogP contribution >= 0.6 is 0 Å². The van der Waals surface area contributed by atoms with E-state index in [0.29, 0.717) is 30.4 Å². The molecule has 1 aliphatic rings. The fourth-order valence-corrected chi connectivity index (χ4v) is 4.32. The van der Waals surface area contributed by atoms with Crippen LogP contribution in [0.25, 0.3) is 22.4 Å². The normalized spacial score (nSPS) is 15.5. The van der Waals surface area contributed by atoms with Gasteiger partial charge in [-0.05, 0) is 50.8 Å². The molecular weight excluding hydrogens is 436 g/mol. The number of imidazole rings is 1. The predicted octanol–water partition coefficient (Wildman–Crippen LogP) is 2.58. The van der Waals surface area contributed by atoms with E-state index in [1.807, 2.05) is 37.4 Å². The second kappa shape index (κ2) is 10.4. The van der Waals surface area contributed by atoms with Crippen LogP contribution in [0.4, 0.5) is 0 Å². The van der Waals surface area contributed by atoms with Crippen LogP contribution in [0.5, 0.6) is 5.75 Å². The summed E-state index contributed by atoms with van der Waals surface area (Å²) in [6.45, 7) is 6.57. The fraction of sp³-hybridized carbons (Fsp3) is 0.480. The van der Waals surface area contributed by atoms with Gasteiger partial charge in [-0.2, -0.15) is 0 Å². The van der Waals surface area contributed by atoms with Gasteiger partial charge in [0, 0.05) is 56.7 Å². The number of hydrogen-bond donors (Lipinski definition) is 2. The fourth-order valence-electron chi connectivity index (χ4n) is 4.32. The molecule has 1 saturated heterocycles. The molecule has 34 heavy (non-hydrogen) atoms. The average Bonchev–Trinajstić information content (AvgIpc) is 3.18. The maximum Gasteiger partial charge on any atom is 0.320 e. The highest BCUT2D eigenvalue weighted by molar-refractivity contribution is 5.82. The highest BCUT2D eigenvalue weighted by atomic mass is 16.5. The lowest BCUT2D eigenvalue weighted by Crippen LogP contribution is -2.36. The van der Waals surface area contributed by atoms with Gasteiger partial charge in [-0.15, -0.1) is 0 Å². The lowest BCUT2D eigenvalue weighted by molar-refractivity contribution is -0.139. The summed E-state index contributed by atoms with van der Waals surface area (Å²) in [7, 11) is 1.76. The van der Waals surface area contributed by atoms with Crippen LogP contribution in [-0.4, -0.2) is 57.6 Å². The number of aryl methyl sites for hydroxylation is 2. The number of fused-ring (bicyclic) bond motifs is 1. The predicted molar refractivity (Wildman–Crippen MR) is 129 cm³/mol. The molecule has 9 heteroatoms. The zero-order chi connectivity index (χ0) is 24.2. The molecule has 2 N–H and O–H groups in total. The van der Waals surface area contributed by atoms with Gasteiger partial charge in [0.1, 0.15) is 24.2 Å². The zero-order valence-electron chi connectivity index (χ0n) is 19.9. The van der Waals surface area contributed by atoms with E-state index < -0.39 is 12.0 Å². The monoisotopic (exact) mass is 468 g/mol. The minimum absolute atomic E-state index is 0.0163. The molecule has 0 spiro atoms. The van der Waals surface area contributed by atoms with Crippen molar-refractivity contribution in [2.45, 2.75) is 39.3 Å². The van der Waals surface area contributed by atoms with Gasteiger partial charge in [0.05, 0.1) is 11.0 Å². The Morgan fingerprint density at radius 3 is 2.79 bits per heavy atom. The van der Waals surface area contributed by atoms with Crippen molar-refractivity contribution in [2.75, 3.05) is 26.4 Å². The molecule has 182 valence electrons. The van der Waals surface area contributed by atoms with Crippen molar-refractivity contribution in [1.82, 2.24) is 19.4 Å². The molecule has 9 nitrogen and oxygen atoms in total. The number of nitrogens with one attached hydrogen (secondary N) is 1. The standard InChI is InChI=1S/C25H32N4O5/c1-16-12-19(15-28(3)24(16)30)23-27-21-13-20(34-11-8-26-17(2)25(31)32)4-5-22(21)29(23)14-18-6-9-33-10-7-18/h4-5,12-13,15,17-18,26H,6-11,14H2,1-3H3,(H,31,32). The Morgan fingerprint density at radius 2 is 2.09 bits per heavy atom. The van der Waals surface area contributed by atoms with Crippen LogP contribution in [0.1, 0.15) is 25.3 Å². The van der Waals surface area contributed by atoms with Gasteiger partial charge < -0.3 is 29.0 Å². The molecule has 4 rings (SSSR count). The molecule has 1 atom stereocenters. The lowest BCUT2D eigenvalue weighted by Gasteiger charge is -2.23. The number of ether oxygens (including phenoxy) is 2. The van der Waals surface area contributed by atoms with E-state index in [0.717, 1.165) is 55.0 Å². The number of benzene rings is 1. The number of hydrogen-bond acceptors (Lipinski definition) is 6. The van der Waals surface area contributed by atoms with E-state index in [1.165, 1.54) is 0 Å². The highest BCUT2D eigenvalue weighted by Crippen LogP contribution is 2.30. The summed E-state index contributed by atoms with van der Waals surface area (Å²) in [5.74, 6) is 1.11. The number of carboxylic acids is 1. The molecule has 1 unspecified atom stereocenters. The van der Waals surface area contributed by atoms with E-state index in [1.54, 1.807) is 18.5 Å². The number of pyridine rings is 1. The Balaban J connectivity index is 1.63. The van der Waals surface area contributed by atoms with Crippen molar-refractivity contribution >= 4 is 17.0 Å². The van der Waals surface area contributed by atoms with Crippen LogP contribution in [-0.2, 0) is 23.1 Å². The van der Waals surface area contributed by atoms with Gasteiger partial charge in [-0.1, -0.05) is 0 Å². The van der Waals surface area contributed by atoms with Gasteiger partial charge in [0.2, 0.25) is 0 Å². The Morgan fingerprint density at radius 1 is 1.32 bits per heavy atom. The van der Waals surface area contributed by atoms with Gasteiger partial charge in [0.25, 0.3) is 5.56 Å². The number of carboxylic acid groups (broad SMARTS) is 1. The Labute approximate surface area is 198 Å². The van der Waals surface area contributed by atoms with E-state index in [4.69, 9.17) is 19.6 Å². The zero-order valence-corrected chi connectivity index (χ0v) is 19.9. The minimum Gasteiger partial charge on any atom is -0.492 e. The third-order valence-corrected chi connectivity index (χ3v) is 6.31. The first-order valence-corrected chi connectivity index (χ1v) is 11.7. The van der Waals surface area contributed by atoms with Gasteiger partial charge in [-0.25, -0.2) is 4.98 Å². The molecule has 3 aromatic rings. The molecule has 1 aliphatic heterocycles. The molecule has 0 radical (unpaired) electrons. The van der Waals surface area contributed by atoms with Crippen molar-refractivity contribution in [1.29, 1.82) is 0 Å². The Kier molecular flexibility index (Phi) is 7.33. The maximum atomic E-state index is 12.2. The summed E-state index contributed by atoms with van der Waals surface area (Å²) in [5, 5.41) is 11.9. The summed E-state index contributed by atoms with van der Waals surface area (Å²) in [4.78, 5) is 28.1. The largest absolute Gasteiger partial charge is 0.492 e. The van der Waals surface area contributed by atoms with E-state index in [2.05, 4.69) is 9.88 Å². The van der Waals surface area contributed by atoms with Crippen LogP contribution < -0.4 is 15.6 Å².